The average Bonchev–Trinajstić information content (AvgIpc) is 2.80. The van der Waals surface area contributed by atoms with Crippen LogP contribution in [-0.4, -0.2) is 15.0 Å². The van der Waals surface area contributed by atoms with Crippen LogP contribution in [0.2, 0.25) is 0 Å². The normalized spacial score (nSPS) is 12.7. The Labute approximate surface area is 125 Å². The Kier molecular flexibility index (Phi) is 3.44. The molecule has 0 aliphatic heterocycles. The van der Waals surface area contributed by atoms with Gasteiger partial charge in [0.05, 0.1) is 5.52 Å². The summed E-state index contributed by atoms with van der Waals surface area (Å²) >= 11 is 3.41. The fourth-order valence-corrected chi connectivity index (χ4v) is 2.58. The predicted molar refractivity (Wildman–Crippen MR) is 84.6 cm³/mol. The minimum atomic E-state index is 0.375. The quantitative estimate of drug-likeness (QED) is 0.720. The average molecular weight is 331 g/mol. The van der Waals surface area contributed by atoms with Crippen molar-refractivity contribution in [1.29, 1.82) is 0 Å². The maximum Gasteiger partial charge on any atom is 0.177 e. The molecule has 1 aromatic carbocycles. The van der Waals surface area contributed by atoms with E-state index in [-0.39, 0.29) is 0 Å². The lowest BCUT2D eigenvalue weighted by Crippen LogP contribution is -2.00. The first-order valence-corrected chi connectivity index (χ1v) is 7.26. The molecule has 0 saturated carbocycles. The summed E-state index contributed by atoms with van der Waals surface area (Å²) in [7, 11) is 0. The minimum absolute atomic E-state index is 0.375. The summed E-state index contributed by atoms with van der Waals surface area (Å²) in [6.45, 7) is 2.18. The standard InChI is InChI=1S/C15H15BrN4/c1-9(10-2-4-12(17)5-3-10)6-14-19-13-7-11(16)8-18-15(13)20-14/h2-5,7-9H,6,17H2,1H3,(H,18,19,20). The molecule has 3 N–H and O–H groups in total. The first-order chi connectivity index (χ1) is 9.61. The van der Waals surface area contributed by atoms with Gasteiger partial charge in [-0.3, -0.25) is 0 Å². The number of halogens is 1. The van der Waals surface area contributed by atoms with E-state index in [1.807, 2.05) is 18.2 Å². The number of anilines is 1. The number of nitrogen functional groups attached to an aromatic ring is 1. The van der Waals surface area contributed by atoms with Crippen LogP contribution in [0.5, 0.6) is 0 Å². The summed E-state index contributed by atoms with van der Waals surface area (Å²) in [4.78, 5) is 12.1. The number of imidazole rings is 1. The second-order valence-electron chi connectivity index (χ2n) is 4.98. The molecule has 1 atom stereocenters. The Morgan fingerprint density at radius 3 is 2.80 bits per heavy atom. The van der Waals surface area contributed by atoms with Gasteiger partial charge < -0.3 is 10.7 Å². The summed E-state index contributed by atoms with van der Waals surface area (Å²) in [6, 6.07) is 9.99. The Hall–Kier alpha value is -1.88. The van der Waals surface area contributed by atoms with E-state index < -0.39 is 0 Å². The number of aromatic amines is 1. The van der Waals surface area contributed by atoms with Gasteiger partial charge in [0, 0.05) is 22.8 Å². The number of aromatic nitrogens is 3. The zero-order valence-corrected chi connectivity index (χ0v) is 12.7. The number of nitrogens with zero attached hydrogens (tertiary/aromatic N) is 2. The highest BCUT2D eigenvalue weighted by molar-refractivity contribution is 9.10. The van der Waals surface area contributed by atoms with E-state index in [4.69, 9.17) is 5.73 Å². The number of nitrogens with two attached hydrogens (primary N) is 1. The van der Waals surface area contributed by atoms with Gasteiger partial charge in [-0.05, 0) is 45.6 Å². The molecule has 20 heavy (non-hydrogen) atoms. The third kappa shape index (κ3) is 2.67. The van der Waals surface area contributed by atoms with Crippen molar-refractivity contribution >= 4 is 32.8 Å². The van der Waals surface area contributed by atoms with Crippen LogP contribution in [0.1, 0.15) is 24.2 Å². The smallest absolute Gasteiger partial charge is 0.177 e. The van der Waals surface area contributed by atoms with E-state index in [0.29, 0.717) is 5.92 Å². The van der Waals surface area contributed by atoms with Crippen LogP contribution in [0.4, 0.5) is 5.69 Å². The van der Waals surface area contributed by atoms with E-state index in [1.54, 1.807) is 6.20 Å². The zero-order valence-electron chi connectivity index (χ0n) is 11.1. The molecular weight excluding hydrogens is 316 g/mol. The summed E-state index contributed by atoms with van der Waals surface area (Å²) in [5.41, 5.74) is 9.48. The van der Waals surface area contributed by atoms with Gasteiger partial charge in [-0.1, -0.05) is 19.1 Å². The topological polar surface area (TPSA) is 67.6 Å². The van der Waals surface area contributed by atoms with Gasteiger partial charge >= 0.3 is 0 Å². The lowest BCUT2D eigenvalue weighted by Gasteiger charge is -2.10. The van der Waals surface area contributed by atoms with Crippen molar-refractivity contribution in [3.05, 3.63) is 52.4 Å². The van der Waals surface area contributed by atoms with Gasteiger partial charge in [-0.25, -0.2) is 9.97 Å². The second-order valence-corrected chi connectivity index (χ2v) is 5.90. The molecule has 3 aromatic rings. The first-order valence-electron chi connectivity index (χ1n) is 6.47. The number of rotatable bonds is 3. The predicted octanol–water partition coefficient (Wildman–Crippen LogP) is 3.65. The number of benzene rings is 1. The number of hydrogen-bond acceptors (Lipinski definition) is 3. The van der Waals surface area contributed by atoms with Crippen molar-refractivity contribution in [2.75, 3.05) is 5.73 Å². The van der Waals surface area contributed by atoms with Crippen LogP contribution < -0.4 is 5.73 Å². The molecule has 4 nitrogen and oxygen atoms in total. The molecule has 0 amide bonds. The van der Waals surface area contributed by atoms with Crippen LogP contribution in [0.3, 0.4) is 0 Å². The Morgan fingerprint density at radius 1 is 1.30 bits per heavy atom. The third-order valence-electron chi connectivity index (χ3n) is 3.36. The van der Waals surface area contributed by atoms with Gasteiger partial charge in [0.25, 0.3) is 0 Å². The molecule has 0 bridgehead atoms. The van der Waals surface area contributed by atoms with Crippen LogP contribution >= 0.6 is 15.9 Å². The van der Waals surface area contributed by atoms with Gasteiger partial charge in [0.1, 0.15) is 5.82 Å². The minimum Gasteiger partial charge on any atom is -0.399 e. The highest BCUT2D eigenvalue weighted by atomic mass is 79.9. The van der Waals surface area contributed by atoms with Crippen molar-refractivity contribution < 1.29 is 0 Å². The molecule has 2 aromatic heterocycles. The molecule has 0 spiro atoms. The first kappa shape index (κ1) is 13.1. The third-order valence-corrected chi connectivity index (χ3v) is 3.79. The zero-order chi connectivity index (χ0) is 14.1. The molecule has 0 aliphatic rings. The summed E-state index contributed by atoms with van der Waals surface area (Å²) in [5.74, 6) is 1.33. The maximum absolute atomic E-state index is 5.71. The number of hydrogen-bond donors (Lipinski definition) is 2. The van der Waals surface area contributed by atoms with E-state index in [1.165, 1.54) is 5.56 Å². The van der Waals surface area contributed by atoms with E-state index in [2.05, 4.69) is 49.9 Å². The van der Waals surface area contributed by atoms with Crippen molar-refractivity contribution in [3.8, 4) is 0 Å². The van der Waals surface area contributed by atoms with Crippen molar-refractivity contribution in [3.63, 3.8) is 0 Å². The monoisotopic (exact) mass is 330 g/mol. The highest BCUT2D eigenvalue weighted by Crippen LogP contribution is 2.22. The Morgan fingerprint density at radius 2 is 2.05 bits per heavy atom. The van der Waals surface area contributed by atoms with Crippen molar-refractivity contribution in [2.45, 2.75) is 19.3 Å². The molecule has 1 unspecified atom stereocenters. The van der Waals surface area contributed by atoms with Crippen LogP contribution in [-0.2, 0) is 6.42 Å². The SMILES string of the molecule is CC(Cc1nc2ncc(Br)cc2[nH]1)c1ccc(N)cc1. The summed E-state index contributed by atoms with van der Waals surface area (Å²) in [6.07, 6.45) is 2.61. The van der Waals surface area contributed by atoms with Crippen LogP contribution in [0, 0.1) is 0 Å². The molecule has 3 rings (SSSR count). The van der Waals surface area contributed by atoms with Gasteiger partial charge in [0.15, 0.2) is 5.65 Å². The van der Waals surface area contributed by atoms with Gasteiger partial charge in [0.2, 0.25) is 0 Å². The second kappa shape index (κ2) is 5.25. The van der Waals surface area contributed by atoms with Crippen molar-refractivity contribution in [1.82, 2.24) is 15.0 Å². The van der Waals surface area contributed by atoms with E-state index >= 15 is 0 Å². The molecule has 0 saturated heterocycles. The Balaban J connectivity index is 1.83. The molecule has 0 aliphatic carbocycles. The molecule has 0 radical (unpaired) electrons. The summed E-state index contributed by atoms with van der Waals surface area (Å²) in [5, 5.41) is 0. The van der Waals surface area contributed by atoms with E-state index in [0.717, 1.165) is 33.6 Å². The number of nitrogens with one attached hydrogen (secondary N) is 1. The fraction of sp³-hybridized carbons (Fsp3) is 0.200. The lowest BCUT2D eigenvalue weighted by molar-refractivity contribution is 0.729. The maximum atomic E-state index is 5.71. The Bertz CT molecular complexity index is 733. The number of pyridine rings is 1. The fourth-order valence-electron chi connectivity index (χ4n) is 2.25. The van der Waals surface area contributed by atoms with Gasteiger partial charge in [-0.15, -0.1) is 0 Å². The molecular formula is C15H15BrN4. The molecule has 0 fully saturated rings. The van der Waals surface area contributed by atoms with Crippen LogP contribution in [0.15, 0.2) is 41.0 Å². The molecule has 2 heterocycles. The van der Waals surface area contributed by atoms with E-state index in [9.17, 15) is 0 Å². The van der Waals surface area contributed by atoms with Gasteiger partial charge in [-0.2, -0.15) is 0 Å². The van der Waals surface area contributed by atoms with Crippen molar-refractivity contribution in [2.24, 2.45) is 0 Å². The molecule has 102 valence electrons. The van der Waals surface area contributed by atoms with Crippen LogP contribution in [0.25, 0.3) is 11.2 Å². The molecule has 5 heteroatoms. The lowest BCUT2D eigenvalue weighted by atomic mass is 9.97. The number of H-pyrrole nitrogens is 1. The largest absolute Gasteiger partial charge is 0.399 e. The number of fused-ring (bicyclic) bond motifs is 1. The highest BCUT2D eigenvalue weighted by Gasteiger charge is 2.10. The summed E-state index contributed by atoms with van der Waals surface area (Å²) < 4.78 is 0.951.